The van der Waals surface area contributed by atoms with Gasteiger partial charge in [0, 0.05) is 17.3 Å². The van der Waals surface area contributed by atoms with Crippen LogP contribution in [0.15, 0.2) is 91.0 Å². The van der Waals surface area contributed by atoms with Gasteiger partial charge >= 0.3 is 12.4 Å². The zero-order valence-electron chi connectivity index (χ0n) is 18.3. The SMILES string of the molecule is NC(=O)c1cccc(NC(=O)C=CC=C(c2ccc(C(F)(F)F)cc2)c2ccc(C(F)(F)F)cc2)c1. The average molecular weight is 504 g/mol. The van der Waals surface area contributed by atoms with Crippen molar-refractivity contribution >= 4 is 23.1 Å². The van der Waals surface area contributed by atoms with Crippen molar-refractivity contribution in [2.75, 3.05) is 5.32 Å². The molecule has 0 aliphatic rings. The molecule has 0 saturated heterocycles. The smallest absolute Gasteiger partial charge is 0.366 e. The summed E-state index contributed by atoms with van der Waals surface area (Å²) >= 11 is 0. The highest BCUT2D eigenvalue weighted by atomic mass is 19.4. The maximum absolute atomic E-state index is 12.9. The third kappa shape index (κ3) is 6.84. The lowest BCUT2D eigenvalue weighted by Gasteiger charge is -2.12. The summed E-state index contributed by atoms with van der Waals surface area (Å²) in [4.78, 5) is 23.5. The molecule has 2 amide bonds. The normalized spacial score (nSPS) is 11.8. The Labute approximate surface area is 201 Å². The van der Waals surface area contributed by atoms with Crippen LogP contribution < -0.4 is 11.1 Å². The second-order valence-corrected chi connectivity index (χ2v) is 7.52. The summed E-state index contributed by atoms with van der Waals surface area (Å²) in [6.45, 7) is 0. The van der Waals surface area contributed by atoms with Crippen molar-refractivity contribution in [1.82, 2.24) is 0 Å². The van der Waals surface area contributed by atoms with Crippen molar-refractivity contribution in [3.63, 3.8) is 0 Å². The lowest BCUT2D eigenvalue weighted by atomic mass is 9.95. The van der Waals surface area contributed by atoms with Crippen molar-refractivity contribution in [2.45, 2.75) is 12.4 Å². The van der Waals surface area contributed by atoms with Gasteiger partial charge in [-0.2, -0.15) is 26.3 Å². The minimum absolute atomic E-state index is 0.184. The maximum Gasteiger partial charge on any atom is 0.416 e. The number of hydrogen-bond acceptors (Lipinski definition) is 2. The first-order valence-electron chi connectivity index (χ1n) is 10.3. The molecule has 10 heteroatoms. The van der Waals surface area contributed by atoms with Gasteiger partial charge in [-0.1, -0.05) is 42.5 Å². The van der Waals surface area contributed by atoms with Crippen LogP contribution in [-0.2, 0) is 17.1 Å². The Hall–Kier alpha value is -4.34. The largest absolute Gasteiger partial charge is 0.416 e. The first kappa shape index (κ1) is 26.3. The predicted molar refractivity (Wildman–Crippen MR) is 123 cm³/mol. The van der Waals surface area contributed by atoms with Crippen LogP contribution in [0.1, 0.15) is 32.6 Å². The van der Waals surface area contributed by atoms with Gasteiger partial charge in [0.1, 0.15) is 0 Å². The summed E-state index contributed by atoms with van der Waals surface area (Å²) in [5.74, 6) is -1.27. The van der Waals surface area contributed by atoms with Crippen LogP contribution in [0.2, 0.25) is 0 Å². The molecule has 0 aliphatic carbocycles. The van der Waals surface area contributed by atoms with Crippen molar-refractivity contribution in [1.29, 1.82) is 0 Å². The number of amides is 2. The number of allylic oxidation sites excluding steroid dienone is 2. The van der Waals surface area contributed by atoms with E-state index in [-0.39, 0.29) is 11.1 Å². The Morgan fingerprint density at radius 3 is 1.67 bits per heavy atom. The van der Waals surface area contributed by atoms with Gasteiger partial charge in [-0.25, -0.2) is 0 Å². The monoisotopic (exact) mass is 504 g/mol. The zero-order chi connectivity index (χ0) is 26.5. The number of nitrogens with two attached hydrogens (primary N) is 1. The number of rotatable bonds is 6. The molecule has 0 atom stereocenters. The molecule has 36 heavy (non-hydrogen) atoms. The summed E-state index contributed by atoms with van der Waals surface area (Å²) in [7, 11) is 0. The number of hydrogen-bond donors (Lipinski definition) is 2. The highest BCUT2D eigenvalue weighted by Crippen LogP contribution is 2.33. The van der Waals surface area contributed by atoms with E-state index >= 15 is 0 Å². The number of alkyl halides is 6. The molecule has 4 nitrogen and oxygen atoms in total. The highest BCUT2D eigenvalue weighted by molar-refractivity contribution is 6.01. The second kappa shape index (κ2) is 10.5. The molecule has 0 aliphatic heterocycles. The van der Waals surface area contributed by atoms with E-state index in [0.717, 1.165) is 30.3 Å². The van der Waals surface area contributed by atoms with Crippen LogP contribution in [0.25, 0.3) is 5.57 Å². The van der Waals surface area contributed by atoms with Gasteiger partial charge in [-0.3, -0.25) is 9.59 Å². The molecule has 0 saturated carbocycles. The fraction of sp³-hybridized carbons (Fsp3) is 0.0769. The topological polar surface area (TPSA) is 72.2 Å². The quantitative estimate of drug-likeness (QED) is 0.230. The summed E-state index contributed by atoms with van der Waals surface area (Å²) in [6, 6.07) is 14.1. The molecular formula is C26H18F6N2O2. The maximum atomic E-state index is 12.9. The van der Waals surface area contributed by atoms with Crippen LogP contribution >= 0.6 is 0 Å². The molecule has 0 heterocycles. The third-order valence-corrected chi connectivity index (χ3v) is 4.97. The summed E-state index contributed by atoms with van der Waals surface area (Å²) in [6.07, 6.45) is -5.30. The van der Waals surface area contributed by atoms with Gasteiger partial charge in [0.25, 0.3) is 0 Å². The number of nitrogens with one attached hydrogen (secondary N) is 1. The van der Waals surface area contributed by atoms with E-state index in [9.17, 15) is 35.9 Å². The van der Waals surface area contributed by atoms with Crippen molar-refractivity contribution in [2.24, 2.45) is 5.73 Å². The fourth-order valence-electron chi connectivity index (χ4n) is 3.20. The molecule has 0 radical (unpaired) electrons. The molecule has 0 spiro atoms. The van der Waals surface area contributed by atoms with Crippen molar-refractivity contribution in [3.8, 4) is 0 Å². The second-order valence-electron chi connectivity index (χ2n) is 7.52. The highest BCUT2D eigenvalue weighted by Gasteiger charge is 2.31. The van der Waals surface area contributed by atoms with Crippen LogP contribution in [0.5, 0.6) is 0 Å². The molecule has 3 aromatic rings. The molecule has 0 unspecified atom stereocenters. The van der Waals surface area contributed by atoms with Gasteiger partial charge in [-0.15, -0.1) is 0 Å². The van der Waals surface area contributed by atoms with E-state index in [4.69, 9.17) is 5.73 Å². The zero-order valence-corrected chi connectivity index (χ0v) is 18.3. The Kier molecular flexibility index (Phi) is 7.67. The molecule has 0 fully saturated rings. The molecule has 0 bridgehead atoms. The number of carbonyl (C=O) groups is 2. The summed E-state index contributed by atoms with van der Waals surface area (Å²) < 4.78 is 77.6. The molecule has 3 rings (SSSR count). The number of benzene rings is 3. The number of carbonyl (C=O) groups excluding carboxylic acids is 2. The summed E-state index contributed by atoms with van der Waals surface area (Å²) in [5, 5.41) is 2.53. The Morgan fingerprint density at radius 2 is 1.22 bits per heavy atom. The lowest BCUT2D eigenvalue weighted by Crippen LogP contribution is -2.12. The minimum Gasteiger partial charge on any atom is -0.366 e. The van der Waals surface area contributed by atoms with Crippen LogP contribution in [0.3, 0.4) is 0 Å². The van der Waals surface area contributed by atoms with Gasteiger partial charge < -0.3 is 11.1 Å². The summed E-state index contributed by atoms with van der Waals surface area (Å²) in [5.41, 5.74) is 4.80. The molecule has 3 N–H and O–H groups in total. The Bertz CT molecular complexity index is 1250. The fourth-order valence-corrected chi connectivity index (χ4v) is 3.20. The Balaban J connectivity index is 1.90. The van der Waals surface area contributed by atoms with E-state index in [1.54, 1.807) is 0 Å². The molecule has 0 aromatic heterocycles. The molecule has 3 aromatic carbocycles. The minimum atomic E-state index is -4.55. The van der Waals surface area contributed by atoms with Gasteiger partial charge in [0.15, 0.2) is 0 Å². The first-order chi connectivity index (χ1) is 16.8. The van der Waals surface area contributed by atoms with Gasteiger partial charge in [0.05, 0.1) is 11.1 Å². The first-order valence-corrected chi connectivity index (χ1v) is 10.3. The average Bonchev–Trinajstić information content (AvgIpc) is 2.81. The van der Waals surface area contributed by atoms with Crippen LogP contribution in [-0.4, -0.2) is 11.8 Å². The molecular weight excluding hydrogens is 486 g/mol. The van der Waals surface area contributed by atoms with Crippen molar-refractivity contribution < 1.29 is 35.9 Å². The van der Waals surface area contributed by atoms with Crippen LogP contribution in [0, 0.1) is 0 Å². The predicted octanol–water partition coefficient (Wildman–Crippen LogP) is 6.45. The lowest BCUT2D eigenvalue weighted by molar-refractivity contribution is -0.138. The number of halogens is 6. The third-order valence-electron chi connectivity index (χ3n) is 4.97. The van der Waals surface area contributed by atoms with E-state index in [1.807, 2.05) is 0 Å². The number of primary amides is 1. The van der Waals surface area contributed by atoms with Crippen LogP contribution in [0.4, 0.5) is 32.0 Å². The standard InChI is InChI=1S/C26H18F6N2O2/c27-25(28,29)19-11-7-16(8-12-19)22(17-9-13-20(14-10-17)26(30,31)32)5-2-6-23(35)34-21-4-1-3-18(15-21)24(33)36/h1-15H,(H2,33,36)(H,34,35). The van der Waals surface area contributed by atoms with E-state index in [2.05, 4.69) is 5.32 Å². The molecule has 186 valence electrons. The van der Waals surface area contributed by atoms with Gasteiger partial charge in [0.2, 0.25) is 11.8 Å². The number of anilines is 1. The van der Waals surface area contributed by atoms with Crippen molar-refractivity contribution in [3.05, 3.63) is 119 Å². The van der Waals surface area contributed by atoms with E-state index in [1.165, 1.54) is 60.7 Å². The Morgan fingerprint density at radius 1 is 0.722 bits per heavy atom. The van der Waals surface area contributed by atoms with Gasteiger partial charge in [-0.05, 0) is 59.2 Å². The van der Waals surface area contributed by atoms with E-state index in [0.29, 0.717) is 16.8 Å². The van der Waals surface area contributed by atoms with E-state index < -0.39 is 35.3 Å².